The lowest BCUT2D eigenvalue weighted by Crippen LogP contribution is -2.09. The van der Waals surface area contributed by atoms with Crippen LogP contribution in [0.5, 0.6) is 11.5 Å². The Bertz CT molecular complexity index is 445. The van der Waals surface area contributed by atoms with Crippen molar-refractivity contribution in [3.8, 4) is 11.5 Å². The van der Waals surface area contributed by atoms with Crippen LogP contribution in [0.3, 0.4) is 0 Å². The molecule has 3 heteroatoms. The molecule has 24 heavy (non-hydrogen) atoms. The highest BCUT2D eigenvalue weighted by atomic mass is 16.3. The molecule has 138 valence electrons. The summed E-state index contributed by atoms with van der Waals surface area (Å²) in [5.74, 6) is 0.674. The van der Waals surface area contributed by atoms with E-state index < -0.39 is 0 Å². The van der Waals surface area contributed by atoms with Gasteiger partial charge in [0.2, 0.25) is 0 Å². The molecule has 0 saturated carbocycles. The molecule has 1 unspecified atom stereocenters. The Balaban J connectivity index is 1.97. The Morgan fingerprint density at radius 3 is 1.75 bits per heavy atom. The molecule has 1 rings (SSSR count). The number of phenols is 2. The molecule has 1 aromatic rings. The fourth-order valence-electron chi connectivity index (χ4n) is 3.09. The van der Waals surface area contributed by atoms with Gasteiger partial charge < -0.3 is 15.9 Å². The van der Waals surface area contributed by atoms with E-state index in [9.17, 15) is 10.2 Å². The summed E-state index contributed by atoms with van der Waals surface area (Å²) in [6, 6.07) is 4.81. The first-order valence-electron chi connectivity index (χ1n) is 9.78. The van der Waals surface area contributed by atoms with Gasteiger partial charge in [0.1, 0.15) is 0 Å². The molecule has 0 radical (unpaired) electrons. The van der Waals surface area contributed by atoms with E-state index in [4.69, 9.17) is 5.73 Å². The van der Waals surface area contributed by atoms with Crippen LogP contribution in [0.25, 0.3) is 0 Å². The fourth-order valence-corrected chi connectivity index (χ4v) is 3.09. The number of phenolic OH excluding ortho intramolecular Hbond substituents is 2. The van der Waals surface area contributed by atoms with Crippen molar-refractivity contribution in [3.05, 3.63) is 23.8 Å². The van der Waals surface area contributed by atoms with Gasteiger partial charge in [-0.1, -0.05) is 84.1 Å². The minimum absolute atomic E-state index is 0.0579. The van der Waals surface area contributed by atoms with E-state index in [1.807, 2.05) is 0 Å². The second kappa shape index (κ2) is 12.2. The first-order chi connectivity index (χ1) is 11.5. The highest BCUT2D eigenvalue weighted by Gasteiger charge is 2.08. The van der Waals surface area contributed by atoms with Crippen molar-refractivity contribution in [2.24, 2.45) is 11.7 Å². The number of benzene rings is 1. The van der Waals surface area contributed by atoms with E-state index in [1.54, 1.807) is 12.1 Å². The smallest absolute Gasteiger partial charge is 0.157 e. The van der Waals surface area contributed by atoms with E-state index in [1.165, 1.54) is 63.9 Å². The molecule has 0 aliphatic rings. The fraction of sp³-hybridized carbons (Fsp3) is 0.714. The number of aromatic hydroxyl groups is 2. The molecule has 4 N–H and O–H groups in total. The molecule has 1 aromatic carbocycles. The van der Waals surface area contributed by atoms with Gasteiger partial charge in [0.25, 0.3) is 0 Å². The molecule has 0 fully saturated rings. The third kappa shape index (κ3) is 9.17. The van der Waals surface area contributed by atoms with Crippen LogP contribution in [0.4, 0.5) is 0 Å². The van der Waals surface area contributed by atoms with Crippen molar-refractivity contribution in [3.63, 3.8) is 0 Å². The average Bonchev–Trinajstić information content (AvgIpc) is 2.54. The van der Waals surface area contributed by atoms with Crippen molar-refractivity contribution in [1.82, 2.24) is 0 Å². The molecular formula is C21H37NO2. The number of rotatable bonds is 13. The van der Waals surface area contributed by atoms with Crippen LogP contribution in [0, 0.1) is 5.92 Å². The zero-order valence-electron chi connectivity index (χ0n) is 15.6. The zero-order chi connectivity index (χ0) is 17.8. The zero-order valence-corrected chi connectivity index (χ0v) is 15.6. The quantitative estimate of drug-likeness (QED) is 0.304. The van der Waals surface area contributed by atoms with Gasteiger partial charge in [-0.05, 0) is 30.0 Å². The highest BCUT2D eigenvalue weighted by molar-refractivity contribution is 5.41. The third-order valence-electron chi connectivity index (χ3n) is 4.72. The molecule has 0 heterocycles. The molecule has 0 aliphatic heterocycles. The number of hydrogen-bond acceptors (Lipinski definition) is 3. The number of hydrogen-bond donors (Lipinski definition) is 3. The lowest BCUT2D eigenvalue weighted by atomic mass is 9.99. The molecule has 0 spiro atoms. The van der Waals surface area contributed by atoms with Gasteiger partial charge in [-0.15, -0.1) is 0 Å². The van der Waals surface area contributed by atoms with Gasteiger partial charge in [0.05, 0.1) is 0 Å². The summed E-state index contributed by atoms with van der Waals surface area (Å²) in [5, 5.41) is 18.8. The Kier molecular flexibility index (Phi) is 10.6. The molecule has 0 bridgehead atoms. The Morgan fingerprint density at radius 1 is 0.750 bits per heavy atom. The van der Waals surface area contributed by atoms with E-state index >= 15 is 0 Å². The van der Waals surface area contributed by atoms with Crippen LogP contribution in [-0.2, 0) is 0 Å². The van der Waals surface area contributed by atoms with E-state index in [-0.39, 0.29) is 17.5 Å². The molecule has 0 aromatic heterocycles. The molecular weight excluding hydrogens is 298 g/mol. The predicted molar refractivity (Wildman–Crippen MR) is 102 cm³/mol. The number of unbranched alkanes of at least 4 members (excludes halogenated alkanes) is 8. The van der Waals surface area contributed by atoms with Crippen LogP contribution in [-0.4, -0.2) is 10.2 Å². The van der Waals surface area contributed by atoms with Crippen LogP contribution in [0.15, 0.2) is 18.2 Å². The van der Waals surface area contributed by atoms with Gasteiger partial charge >= 0.3 is 0 Å². The van der Waals surface area contributed by atoms with Crippen LogP contribution in [0.2, 0.25) is 0 Å². The lowest BCUT2D eigenvalue weighted by Gasteiger charge is -2.12. The van der Waals surface area contributed by atoms with Gasteiger partial charge in [-0.3, -0.25) is 0 Å². The maximum atomic E-state index is 9.52. The van der Waals surface area contributed by atoms with E-state index in [0.29, 0.717) is 0 Å². The summed E-state index contributed by atoms with van der Waals surface area (Å²) in [5.41, 5.74) is 7.05. The Labute approximate surface area is 148 Å². The normalized spacial score (nSPS) is 12.7. The van der Waals surface area contributed by atoms with Gasteiger partial charge in [0, 0.05) is 6.04 Å². The second-order valence-electron chi connectivity index (χ2n) is 7.51. The van der Waals surface area contributed by atoms with E-state index in [0.717, 1.165) is 24.3 Å². The topological polar surface area (TPSA) is 66.5 Å². The van der Waals surface area contributed by atoms with Crippen LogP contribution in [0.1, 0.15) is 96.1 Å². The minimum Gasteiger partial charge on any atom is -0.504 e. The standard InChI is InChI=1S/C21H37NO2/c1-17(2)12-10-8-6-4-3-5-7-9-11-13-19(22)18-14-15-20(23)21(24)16-18/h14-17,19,23-24H,3-13,22H2,1-2H3. The Morgan fingerprint density at radius 2 is 1.25 bits per heavy atom. The summed E-state index contributed by atoms with van der Waals surface area (Å²) < 4.78 is 0. The first-order valence-corrected chi connectivity index (χ1v) is 9.78. The summed E-state index contributed by atoms with van der Waals surface area (Å²) in [7, 11) is 0. The second-order valence-corrected chi connectivity index (χ2v) is 7.51. The van der Waals surface area contributed by atoms with Crippen molar-refractivity contribution in [2.75, 3.05) is 0 Å². The summed E-state index contributed by atoms with van der Waals surface area (Å²) >= 11 is 0. The Hall–Kier alpha value is -1.22. The minimum atomic E-state index is -0.0878. The SMILES string of the molecule is CC(C)CCCCCCCCCCCC(N)c1ccc(O)c(O)c1. The average molecular weight is 336 g/mol. The third-order valence-corrected chi connectivity index (χ3v) is 4.72. The van der Waals surface area contributed by atoms with Crippen molar-refractivity contribution < 1.29 is 10.2 Å². The monoisotopic (exact) mass is 335 g/mol. The molecule has 1 atom stereocenters. The molecule has 0 amide bonds. The van der Waals surface area contributed by atoms with Gasteiger partial charge in [0.15, 0.2) is 11.5 Å². The first kappa shape index (κ1) is 20.8. The largest absolute Gasteiger partial charge is 0.504 e. The molecule has 0 saturated heterocycles. The van der Waals surface area contributed by atoms with Gasteiger partial charge in [-0.25, -0.2) is 0 Å². The van der Waals surface area contributed by atoms with Crippen LogP contribution < -0.4 is 5.73 Å². The van der Waals surface area contributed by atoms with Crippen molar-refractivity contribution in [1.29, 1.82) is 0 Å². The maximum absolute atomic E-state index is 9.52. The summed E-state index contributed by atoms with van der Waals surface area (Å²) in [6.07, 6.45) is 14.2. The number of nitrogens with two attached hydrogens (primary N) is 1. The summed E-state index contributed by atoms with van der Waals surface area (Å²) in [4.78, 5) is 0. The lowest BCUT2D eigenvalue weighted by molar-refractivity contribution is 0.402. The molecule has 3 nitrogen and oxygen atoms in total. The van der Waals surface area contributed by atoms with Crippen LogP contribution >= 0.6 is 0 Å². The maximum Gasteiger partial charge on any atom is 0.157 e. The van der Waals surface area contributed by atoms with E-state index in [2.05, 4.69) is 13.8 Å². The van der Waals surface area contributed by atoms with Gasteiger partial charge in [-0.2, -0.15) is 0 Å². The summed E-state index contributed by atoms with van der Waals surface area (Å²) in [6.45, 7) is 4.60. The van der Waals surface area contributed by atoms with Crippen molar-refractivity contribution in [2.45, 2.75) is 90.5 Å². The van der Waals surface area contributed by atoms with Crippen molar-refractivity contribution >= 4 is 0 Å². The molecule has 0 aliphatic carbocycles. The predicted octanol–water partition coefficient (Wildman–Crippen LogP) is 6.04. The highest BCUT2D eigenvalue weighted by Crippen LogP contribution is 2.28.